The number of ether oxygens (including phenoxy) is 2. The lowest BCUT2D eigenvalue weighted by Crippen LogP contribution is -3.20. The lowest BCUT2D eigenvalue weighted by Gasteiger charge is -2.39. The quantitative estimate of drug-likeness (QED) is 0.747. The number of aliphatic hydroxyl groups excluding tert-OH is 1. The lowest BCUT2D eigenvalue weighted by molar-refractivity contribution is -0.955. The third kappa shape index (κ3) is 5.62. The summed E-state index contributed by atoms with van der Waals surface area (Å²) in [5, 5.41) is 10.7. The predicted molar refractivity (Wildman–Crippen MR) is 104 cm³/mol. The summed E-state index contributed by atoms with van der Waals surface area (Å²) in [5.74, 6) is 1.62. The topological polar surface area (TPSA) is 43.1 Å². The minimum atomic E-state index is -0.407. The van der Waals surface area contributed by atoms with Crippen LogP contribution in [0.1, 0.15) is 64.2 Å². The highest BCUT2D eigenvalue weighted by molar-refractivity contribution is 5.31. The molecular formula is C22H36NO3+. The molecule has 0 aliphatic heterocycles. The van der Waals surface area contributed by atoms with Crippen molar-refractivity contribution in [3.8, 4) is 11.5 Å². The third-order valence-corrected chi connectivity index (χ3v) is 6.23. The van der Waals surface area contributed by atoms with Crippen molar-refractivity contribution in [1.82, 2.24) is 0 Å². The van der Waals surface area contributed by atoms with Gasteiger partial charge in [0.2, 0.25) is 0 Å². The molecule has 2 aliphatic carbocycles. The largest absolute Gasteiger partial charge is 0.497 e. The van der Waals surface area contributed by atoms with E-state index in [9.17, 15) is 5.11 Å². The van der Waals surface area contributed by atoms with E-state index in [1.54, 1.807) is 12.0 Å². The van der Waals surface area contributed by atoms with Crippen molar-refractivity contribution in [2.75, 3.05) is 20.3 Å². The molecular weight excluding hydrogens is 326 g/mol. The second kappa shape index (κ2) is 10.2. The second-order valence-electron chi connectivity index (χ2n) is 8.09. The van der Waals surface area contributed by atoms with Gasteiger partial charge in [0.15, 0.2) is 0 Å². The van der Waals surface area contributed by atoms with E-state index in [1.807, 2.05) is 24.3 Å². The molecule has 1 unspecified atom stereocenters. The van der Waals surface area contributed by atoms with E-state index in [4.69, 9.17) is 9.47 Å². The van der Waals surface area contributed by atoms with Crippen LogP contribution in [-0.2, 0) is 0 Å². The number of methoxy groups -OCH3 is 1. The molecule has 1 atom stereocenters. The highest BCUT2D eigenvalue weighted by atomic mass is 16.5. The fourth-order valence-corrected chi connectivity index (χ4v) is 4.81. The van der Waals surface area contributed by atoms with E-state index in [-0.39, 0.29) is 0 Å². The first-order valence-electron chi connectivity index (χ1n) is 10.6. The van der Waals surface area contributed by atoms with Crippen molar-refractivity contribution >= 4 is 0 Å². The van der Waals surface area contributed by atoms with Gasteiger partial charge in [-0.3, -0.25) is 0 Å². The molecule has 26 heavy (non-hydrogen) atoms. The molecule has 0 saturated heterocycles. The zero-order valence-electron chi connectivity index (χ0n) is 16.3. The standard InChI is InChI=1S/C22H35NO3/c1-25-21-12-14-22(15-13-21)26-17-20(24)16-23(18-8-4-2-5-9-18)19-10-6-3-7-11-19/h12-15,18-20,24H,2-11,16-17H2,1H3/p+1. The molecule has 0 heterocycles. The number of rotatable bonds is 8. The zero-order valence-corrected chi connectivity index (χ0v) is 16.3. The smallest absolute Gasteiger partial charge is 0.137 e. The van der Waals surface area contributed by atoms with E-state index < -0.39 is 6.10 Å². The molecule has 0 bridgehead atoms. The Bertz CT molecular complexity index is 489. The normalized spacial score (nSPS) is 20.9. The lowest BCUT2D eigenvalue weighted by atomic mass is 9.88. The minimum Gasteiger partial charge on any atom is -0.497 e. The number of quaternary nitrogens is 1. The van der Waals surface area contributed by atoms with Gasteiger partial charge >= 0.3 is 0 Å². The fourth-order valence-electron chi connectivity index (χ4n) is 4.81. The van der Waals surface area contributed by atoms with Crippen molar-refractivity contribution in [2.24, 2.45) is 0 Å². The molecule has 0 aromatic heterocycles. The predicted octanol–water partition coefficient (Wildman–Crippen LogP) is 2.99. The number of nitrogens with one attached hydrogen (secondary N) is 1. The zero-order chi connectivity index (χ0) is 18.2. The van der Waals surface area contributed by atoms with Crippen molar-refractivity contribution in [2.45, 2.75) is 82.4 Å². The number of aliphatic hydroxyl groups is 1. The number of hydrogen-bond donors (Lipinski definition) is 2. The average molecular weight is 363 g/mol. The van der Waals surface area contributed by atoms with Crippen LogP contribution in [0, 0.1) is 0 Å². The summed E-state index contributed by atoms with van der Waals surface area (Å²) < 4.78 is 11.0. The first kappa shape index (κ1) is 19.5. The summed E-state index contributed by atoms with van der Waals surface area (Å²) in [7, 11) is 1.66. The summed E-state index contributed by atoms with van der Waals surface area (Å²) in [6, 6.07) is 9.06. The van der Waals surface area contributed by atoms with Gasteiger partial charge in [-0.2, -0.15) is 0 Å². The molecule has 4 nitrogen and oxygen atoms in total. The first-order chi connectivity index (χ1) is 12.8. The molecule has 3 rings (SSSR count). The summed E-state index contributed by atoms with van der Waals surface area (Å²) in [5.41, 5.74) is 0. The van der Waals surface area contributed by atoms with Crippen molar-refractivity contribution in [3.05, 3.63) is 24.3 Å². The van der Waals surface area contributed by atoms with Gasteiger partial charge in [0.25, 0.3) is 0 Å². The Morgan fingerprint density at radius 1 is 0.885 bits per heavy atom. The molecule has 1 aromatic carbocycles. The van der Waals surface area contributed by atoms with Gasteiger partial charge in [-0.25, -0.2) is 0 Å². The van der Waals surface area contributed by atoms with Crippen LogP contribution in [0.4, 0.5) is 0 Å². The Kier molecular flexibility index (Phi) is 7.63. The van der Waals surface area contributed by atoms with Gasteiger partial charge < -0.3 is 19.5 Å². The van der Waals surface area contributed by atoms with E-state index in [2.05, 4.69) is 0 Å². The SMILES string of the molecule is COc1ccc(OCC(O)C[NH+](C2CCCCC2)C2CCCCC2)cc1. The second-order valence-corrected chi connectivity index (χ2v) is 8.09. The highest BCUT2D eigenvalue weighted by Gasteiger charge is 2.33. The highest BCUT2D eigenvalue weighted by Crippen LogP contribution is 2.20. The van der Waals surface area contributed by atoms with Crippen LogP contribution in [0.25, 0.3) is 0 Å². The molecule has 2 fully saturated rings. The van der Waals surface area contributed by atoms with Crippen molar-refractivity contribution < 1.29 is 19.5 Å². The van der Waals surface area contributed by atoms with Gasteiger partial charge in [0.05, 0.1) is 19.2 Å². The van der Waals surface area contributed by atoms with Crippen LogP contribution in [0.15, 0.2) is 24.3 Å². The maximum atomic E-state index is 10.7. The molecule has 0 radical (unpaired) electrons. The van der Waals surface area contributed by atoms with Crippen LogP contribution in [-0.4, -0.2) is 43.6 Å². The van der Waals surface area contributed by atoms with Gasteiger partial charge in [-0.1, -0.05) is 12.8 Å². The van der Waals surface area contributed by atoms with Crippen LogP contribution >= 0.6 is 0 Å². The first-order valence-corrected chi connectivity index (χ1v) is 10.6. The van der Waals surface area contributed by atoms with E-state index in [1.165, 1.54) is 64.2 Å². The molecule has 2 saturated carbocycles. The molecule has 2 N–H and O–H groups in total. The number of benzene rings is 1. The molecule has 1 aromatic rings. The molecule has 0 spiro atoms. The molecule has 4 heteroatoms. The van der Waals surface area contributed by atoms with E-state index >= 15 is 0 Å². The van der Waals surface area contributed by atoms with Gasteiger partial charge in [-0.05, 0) is 75.6 Å². The van der Waals surface area contributed by atoms with Crippen molar-refractivity contribution in [3.63, 3.8) is 0 Å². The van der Waals surface area contributed by atoms with Crippen molar-refractivity contribution in [1.29, 1.82) is 0 Å². The third-order valence-electron chi connectivity index (χ3n) is 6.23. The van der Waals surface area contributed by atoms with Gasteiger partial charge in [0.1, 0.15) is 30.8 Å². The summed E-state index contributed by atoms with van der Waals surface area (Å²) in [4.78, 5) is 1.66. The van der Waals surface area contributed by atoms with Crippen LogP contribution < -0.4 is 14.4 Å². The maximum absolute atomic E-state index is 10.7. The Morgan fingerprint density at radius 3 is 1.88 bits per heavy atom. The average Bonchev–Trinajstić information content (AvgIpc) is 2.72. The van der Waals surface area contributed by atoms with E-state index in [0.717, 1.165) is 30.1 Å². The minimum absolute atomic E-state index is 0.370. The fraction of sp³-hybridized carbons (Fsp3) is 0.727. The Hall–Kier alpha value is -1.26. The van der Waals surface area contributed by atoms with Crippen LogP contribution in [0.5, 0.6) is 11.5 Å². The van der Waals surface area contributed by atoms with Crippen LogP contribution in [0.2, 0.25) is 0 Å². The Morgan fingerprint density at radius 2 is 1.38 bits per heavy atom. The summed E-state index contributed by atoms with van der Waals surface area (Å²) >= 11 is 0. The monoisotopic (exact) mass is 362 g/mol. The molecule has 146 valence electrons. The summed E-state index contributed by atoms with van der Waals surface area (Å²) in [6.45, 7) is 1.20. The molecule has 2 aliphatic rings. The Labute approximate surface area is 158 Å². The maximum Gasteiger partial charge on any atom is 0.137 e. The van der Waals surface area contributed by atoms with Gasteiger partial charge in [0, 0.05) is 0 Å². The summed E-state index contributed by atoms with van der Waals surface area (Å²) in [6.07, 6.45) is 13.1. The Balaban J connectivity index is 1.54. The van der Waals surface area contributed by atoms with Crippen LogP contribution in [0.3, 0.4) is 0 Å². The van der Waals surface area contributed by atoms with E-state index in [0.29, 0.717) is 6.61 Å². The molecule has 0 amide bonds. The van der Waals surface area contributed by atoms with Gasteiger partial charge in [-0.15, -0.1) is 0 Å². The number of hydrogen-bond acceptors (Lipinski definition) is 3.